The van der Waals surface area contributed by atoms with Crippen LogP contribution in [0.1, 0.15) is 46.8 Å². The Morgan fingerprint density at radius 2 is 1.86 bits per heavy atom. The predicted octanol–water partition coefficient (Wildman–Crippen LogP) is 5.39. The zero-order valence-corrected chi connectivity index (χ0v) is 13.5. The van der Waals surface area contributed by atoms with E-state index in [2.05, 4.69) is 56.9 Å². The quantitative estimate of drug-likeness (QED) is 0.645. The van der Waals surface area contributed by atoms with E-state index in [0.29, 0.717) is 5.92 Å². The fourth-order valence-corrected chi connectivity index (χ4v) is 3.17. The number of aromatic nitrogens is 1. The van der Waals surface area contributed by atoms with E-state index >= 15 is 0 Å². The maximum atomic E-state index is 11.7. The summed E-state index contributed by atoms with van der Waals surface area (Å²) in [5.74, 6) is 0.411. The average molecular weight is 291 g/mol. The van der Waals surface area contributed by atoms with Crippen LogP contribution >= 0.6 is 0 Å². The van der Waals surface area contributed by atoms with Gasteiger partial charge in [-0.15, -0.1) is 0 Å². The van der Waals surface area contributed by atoms with Gasteiger partial charge in [0.15, 0.2) is 6.29 Å². The zero-order valence-electron chi connectivity index (χ0n) is 13.5. The summed E-state index contributed by atoms with van der Waals surface area (Å²) in [5, 5.41) is 1.01. The minimum atomic E-state index is 0.411. The molecule has 2 aromatic carbocycles. The van der Waals surface area contributed by atoms with Gasteiger partial charge in [-0.3, -0.25) is 4.79 Å². The van der Waals surface area contributed by atoms with Gasteiger partial charge in [-0.2, -0.15) is 0 Å². The molecule has 2 nitrogen and oxygen atoms in total. The van der Waals surface area contributed by atoms with Crippen molar-refractivity contribution in [3.63, 3.8) is 0 Å². The molecular formula is C20H21NO. The van der Waals surface area contributed by atoms with E-state index in [9.17, 15) is 4.79 Å². The highest BCUT2D eigenvalue weighted by Crippen LogP contribution is 2.34. The summed E-state index contributed by atoms with van der Waals surface area (Å²) in [6, 6.07) is 12.5. The summed E-state index contributed by atoms with van der Waals surface area (Å²) in [4.78, 5) is 15.2. The molecule has 0 saturated heterocycles. The third kappa shape index (κ3) is 2.25. The summed E-state index contributed by atoms with van der Waals surface area (Å²) in [6.45, 7) is 8.52. The Labute approximate surface area is 131 Å². The fraction of sp³-hybridized carbons (Fsp3) is 0.250. The summed E-state index contributed by atoms with van der Waals surface area (Å²) < 4.78 is 0. The Morgan fingerprint density at radius 1 is 1.09 bits per heavy atom. The van der Waals surface area contributed by atoms with Gasteiger partial charge >= 0.3 is 0 Å². The van der Waals surface area contributed by atoms with Gasteiger partial charge < -0.3 is 4.98 Å². The number of carbonyl (C=O) groups is 1. The molecule has 0 unspecified atom stereocenters. The van der Waals surface area contributed by atoms with Crippen molar-refractivity contribution < 1.29 is 4.79 Å². The number of nitrogens with one attached hydrogen (secondary N) is 1. The number of fused-ring (bicyclic) bond motifs is 1. The molecule has 1 heterocycles. The number of aryl methyl sites for hydroxylation is 2. The third-order valence-electron chi connectivity index (χ3n) is 4.30. The van der Waals surface area contributed by atoms with Crippen LogP contribution in [0.3, 0.4) is 0 Å². The Morgan fingerprint density at radius 3 is 2.50 bits per heavy atom. The summed E-state index contributed by atoms with van der Waals surface area (Å²) >= 11 is 0. The van der Waals surface area contributed by atoms with E-state index in [4.69, 9.17) is 0 Å². The molecule has 0 fully saturated rings. The molecule has 1 aromatic heterocycles. The van der Waals surface area contributed by atoms with Gasteiger partial charge in [0, 0.05) is 16.5 Å². The molecule has 0 aliphatic heterocycles. The van der Waals surface area contributed by atoms with Crippen molar-refractivity contribution in [1.29, 1.82) is 0 Å². The van der Waals surface area contributed by atoms with Crippen molar-refractivity contribution in [3.8, 4) is 11.3 Å². The highest BCUT2D eigenvalue weighted by atomic mass is 16.1. The van der Waals surface area contributed by atoms with Gasteiger partial charge in [-0.1, -0.05) is 55.8 Å². The first kappa shape index (κ1) is 14.6. The lowest BCUT2D eigenvalue weighted by molar-refractivity contribution is 0.112. The standard InChI is InChI=1S/C20H21NO/c1-12(2)15-6-5-7-17-18(11-22)20(21-19(15)17)16-9-8-13(3)10-14(16)4/h5-12,21H,1-4H3. The van der Waals surface area contributed by atoms with Crippen LogP contribution in [0.15, 0.2) is 36.4 Å². The van der Waals surface area contributed by atoms with Crippen LogP contribution in [0.4, 0.5) is 0 Å². The lowest BCUT2D eigenvalue weighted by Crippen LogP contribution is -1.89. The zero-order chi connectivity index (χ0) is 15.9. The molecule has 3 aromatic rings. The van der Waals surface area contributed by atoms with Crippen molar-refractivity contribution in [3.05, 3.63) is 58.7 Å². The fourth-order valence-electron chi connectivity index (χ4n) is 3.17. The van der Waals surface area contributed by atoms with Gasteiger partial charge in [0.25, 0.3) is 0 Å². The highest BCUT2D eigenvalue weighted by Gasteiger charge is 2.17. The number of para-hydroxylation sites is 1. The van der Waals surface area contributed by atoms with Crippen LogP contribution in [-0.4, -0.2) is 11.3 Å². The maximum Gasteiger partial charge on any atom is 0.152 e. The monoisotopic (exact) mass is 291 g/mol. The second-order valence-corrected chi connectivity index (χ2v) is 6.27. The minimum Gasteiger partial charge on any atom is -0.354 e. The van der Waals surface area contributed by atoms with Crippen LogP contribution in [-0.2, 0) is 0 Å². The molecule has 3 rings (SSSR count). The number of carbonyl (C=O) groups excluding carboxylic acids is 1. The van der Waals surface area contributed by atoms with Crippen LogP contribution in [0.2, 0.25) is 0 Å². The van der Waals surface area contributed by atoms with Crippen LogP contribution in [0.25, 0.3) is 22.2 Å². The van der Waals surface area contributed by atoms with Crippen molar-refractivity contribution in [2.75, 3.05) is 0 Å². The summed E-state index contributed by atoms with van der Waals surface area (Å²) in [7, 11) is 0. The Kier molecular flexibility index (Phi) is 3.61. The molecule has 22 heavy (non-hydrogen) atoms. The highest BCUT2D eigenvalue weighted by molar-refractivity contribution is 6.05. The van der Waals surface area contributed by atoms with Gasteiger partial charge in [0.05, 0.1) is 11.2 Å². The van der Waals surface area contributed by atoms with Gasteiger partial charge in [0.1, 0.15) is 0 Å². The van der Waals surface area contributed by atoms with E-state index in [-0.39, 0.29) is 0 Å². The van der Waals surface area contributed by atoms with Crippen molar-refractivity contribution in [2.45, 2.75) is 33.6 Å². The molecule has 0 amide bonds. The number of hydrogen-bond acceptors (Lipinski definition) is 1. The molecule has 0 saturated carbocycles. The smallest absolute Gasteiger partial charge is 0.152 e. The van der Waals surface area contributed by atoms with Gasteiger partial charge in [0.2, 0.25) is 0 Å². The third-order valence-corrected chi connectivity index (χ3v) is 4.30. The van der Waals surface area contributed by atoms with E-state index < -0.39 is 0 Å². The molecule has 0 radical (unpaired) electrons. The van der Waals surface area contributed by atoms with Crippen LogP contribution in [0, 0.1) is 13.8 Å². The van der Waals surface area contributed by atoms with Gasteiger partial charge in [-0.05, 0) is 30.9 Å². The number of aromatic amines is 1. The summed E-state index contributed by atoms with van der Waals surface area (Å²) in [5.41, 5.74) is 7.51. The average Bonchev–Trinajstić information content (AvgIpc) is 2.84. The molecular weight excluding hydrogens is 270 g/mol. The van der Waals surface area contributed by atoms with Crippen molar-refractivity contribution in [1.82, 2.24) is 4.98 Å². The van der Waals surface area contributed by atoms with E-state index in [0.717, 1.165) is 34.0 Å². The predicted molar refractivity (Wildman–Crippen MR) is 92.7 cm³/mol. The number of H-pyrrole nitrogens is 1. The number of aldehydes is 1. The number of benzene rings is 2. The maximum absolute atomic E-state index is 11.7. The first-order valence-corrected chi connectivity index (χ1v) is 7.70. The molecule has 0 bridgehead atoms. The second-order valence-electron chi connectivity index (χ2n) is 6.27. The van der Waals surface area contributed by atoms with Crippen LogP contribution < -0.4 is 0 Å². The van der Waals surface area contributed by atoms with Crippen molar-refractivity contribution >= 4 is 17.2 Å². The largest absolute Gasteiger partial charge is 0.354 e. The van der Waals surface area contributed by atoms with Crippen molar-refractivity contribution in [2.24, 2.45) is 0 Å². The molecule has 0 atom stereocenters. The van der Waals surface area contributed by atoms with Gasteiger partial charge in [-0.25, -0.2) is 0 Å². The normalized spacial score (nSPS) is 11.3. The van der Waals surface area contributed by atoms with E-state index in [1.165, 1.54) is 16.7 Å². The molecule has 112 valence electrons. The number of hydrogen-bond donors (Lipinski definition) is 1. The van der Waals surface area contributed by atoms with Crippen LogP contribution in [0.5, 0.6) is 0 Å². The number of rotatable bonds is 3. The SMILES string of the molecule is Cc1ccc(-c2[nH]c3c(C(C)C)cccc3c2C=O)c(C)c1. The lowest BCUT2D eigenvalue weighted by atomic mass is 9.98. The van der Waals surface area contributed by atoms with E-state index in [1.807, 2.05) is 12.1 Å². The summed E-state index contributed by atoms with van der Waals surface area (Å²) in [6.07, 6.45) is 0.970. The Balaban J connectivity index is 2.35. The Hall–Kier alpha value is -2.35. The topological polar surface area (TPSA) is 32.9 Å². The molecule has 0 aliphatic rings. The second kappa shape index (κ2) is 5.45. The lowest BCUT2D eigenvalue weighted by Gasteiger charge is -2.07. The molecule has 0 spiro atoms. The Bertz CT molecular complexity index is 856. The first-order valence-electron chi connectivity index (χ1n) is 7.70. The molecule has 0 aliphatic carbocycles. The molecule has 2 heteroatoms. The minimum absolute atomic E-state index is 0.411. The first-order chi connectivity index (χ1) is 10.5. The van der Waals surface area contributed by atoms with E-state index in [1.54, 1.807) is 0 Å². The molecule has 1 N–H and O–H groups in total.